The summed E-state index contributed by atoms with van der Waals surface area (Å²) in [4.78, 5) is 4.51. The summed E-state index contributed by atoms with van der Waals surface area (Å²) < 4.78 is 63.0. The van der Waals surface area contributed by atoms with Gasteiger partial charge in [0.05, 0.1) is 29.4 Å². The van der Waals surface area contributed by atoms with Gasteiger partial charge < -0.3 is 10.1 Å². The summed E-state index contributed by atoms with van der Waals surface area (Å²) >= 11 is 0. The van der Waals surface area contributed by atoms with Gasteiger partial charge in [-0.25, -0.2) is 9.37 Å². The van der Waals surface area contributed by atoms with Crippen molar-refractivity contribution < 1.29 is 22.3 Å². The highest BCUT2D eigenvalue weighted by Crippen LogP contribution is 2.38. The lowest BCUT2D eigenvalue weighted by atomic mass is 9.93. The molecule has 190 valence electrons. The first-order valence-corrected chi connectivity index (χ1v) is 11.9. The summed E-state index contributed by atoms with van der Waals surface area (Å²) in [5, 5.41) is 13.3. The first kappa shape index (κ1) is 24.1. The van der Waals surface area contributed by atoms with E-state index in [4.69, 9.17) is 9.84 Å². The van der Waals surface area contributed by atoms with Crippen LogP contribution < -0.4 is 10.1 Å². The highest BCUT2D eigenvalue weighted by molar-refractivity contribution is 5.93. The van der Waals surface area contributed by atoms with Crippen LogP contribution in [0.4, 0.5) is 23.4 Å². The van der Waals surface area contributed by atoms with E-state index in [0.29, 0.717) is 25.7 Å². The van der Waals surface area contributed by atoms with Gasteiger partial charge in [-0.15, -0.1) is 0 Å². The van der Waals surface area contributed by atoms with Crippen molar-refractivity contribution >= 4 is 16.7 Å². The van der Waals surface area contributed by atoms with E-state index in [-0.39, 0.29) is 17.9 Å². The Balaban J connectivity index is 1.38. The van der Waals surface area contributed by atoms with Crippen LogP contribution >= 0.6 is 0 Å². The van der Waals surface area contributed by atoms with Gasteiger partial charge in [0.1, 0.15) is 11.5 Å². The number of rotatable bonds is 6. The minimum absolute atomic E-state index is 0.0565. The van der Waals surface area contributed by atoms with E-state index in [1.807, 2.05) is 37.1 Å². The van der Waals surface area contributed by atoms with E-state index in [1.165, 1.54) is 12.1 Å². The third-order valence-electron chi connectivity index (χ3n) is 6.48. The van der Waals surface area contributed by atoms with E-state index in [2.05, 4.69) is 15.4 Å². The van der Waals surface area contributed by atoms with Gasteiger partial charge >= 0.3 is 6.18 Å². The van der Waals surface area contributed by atoms with Gasteiger partial charge in [-0.2, -0.15) is 23.4 Å². The van der Waals surface area contributed by atoms with E-state index >= 15 is 0 Å². The summed E-state index contributed by atoms with van der Waals surface area (Å²) in [6.07, 6.45) is 2.83. The smallest absolute Gasteiger partial charge is 0.419 e. The molecule has 1 fully saturated rings. The Bertz CT molecular complexity index is 1370. The number of hydrogen-bond acceptors (Lipinski definition) is 5. The number of anilines is 1. The Labute approximate surface area is 205 Å². The van der Waals surface area contributed by atoms with Gasteiger partial charge in [-0.05, 0) is 44.7 Å². The second-order valence-electron chi connectivity index (χ2n) is 8.98. The third kappa shape index (κ3) is 4.61. The van der Waals surface area contributed by atoms with Crippen LogP contribution in [0.3, 0.4) is 0 Å². The quantitative estimate of drug-likeness (QED) is 0.328. The average Bonchev–Trinajstić information content (AvgIpc) is 3.44. The van der Waals surface area contributed by atoms with E-state index in [9.17, 15) is 17.6 Å². The van der Waals surface area contributed by atoms with Crippen LogP contribution in [0.1, 0.15) is 44.2 Å². The Morgan fingerprint density at radius 3 is 2.58 bits per heavy atom. The van der Waals surface area contributed by atoms with Crippen LogP contribution in [0, 0.1) is 5.82 Å². The lowest BCUT2D eigenvalue weighted by molar-refractivity contribution is -0.140. The number of halogens is 4. The van der Waals surface area contributed by atoms with Crippen molar-refractivity contribution in [2.45, 2.75) is 50.9 Å². The average molecular weight is 503 g/mol. The Morgan fingerprint density at radius 2 is 1.92 bits per heavy atom. The Morgan fingerprint density at radius 1 is 1.14 bits per heavy atom. The molecule has 0 bridgehead atoms. The molecule has 1 saturated carbocycles. The number of alkyl halides is 3. The van der Waals surface area contributed by atoms with Crippen LogP contribution in [-0.4, -0.2) is 37.2 Å². The van der Waals surface area contributed by atoms with Crippen molar-refractivity contribution in [2.75, 3.05) is 11.9 Å². The maximum Gasteiger partial charge on any atom is 0.419 e. The number of aryl methyl sites for hydroxylation is 1. The number of nitrogens with zero attached hydrogens (tertiary/aromatic N) is 5. The topological polar surface area (TPSA) is 69.8 Å². The summed E-state index contributed by atoms with van der Waals surface area (Å²) in [6, 6.07) is 5.16. The molecule has 0 radical (unpaired) electrons. The van der Waals surface area contributed by atoms with E-state index in [1.54, 1.807) is 10.9 Å². The molecule has 0 spiro atoms. The summed E-state index contributed by atoms with van der Waals surface area (Å²) in [7, 11) is 1.85. The van der Waals surface area contributed by atoms with Gasteiger partial charge in [0, 0.05) is 43.0 Å². The molecular weight excluding hydrogens is 476 g/mol. The zero-order chi connectivity index (χ0) is 25.4. The van der Waals surface area contributed by atoms with Crippen molar-refractivity contribution in [2.24, 2.45) is 7.05 Å². The highest BCUT2D eigenvalue weighted by atomic mass is 19.4. The largest absolute Gasteiger partial charge is 0.487 e. The van der Waals surface area contributed by atoms with E-state index in [0.717, 1.165) is 40.6 Å². The molecule has 0 aliphatic heterocycles. The van der Waals surface area contributed by atoms with Crippen molar-refractivity contribution in [3.8, 4) is 17.0 Å². The number of aromatic nitrogens is 5. The standard InChI is InChI=1S/C25H26F4N6O/c1-3-30-22-11-20-18(13-31-22)24(15-12-32-34(2)14-15)33-35(20)16-7-9-17(10-8-16)36-21-6-4-5-19(23(21)26)25(27,28)29/h4-6,11-14,16-17H,3,7-10H2,1-2H3,(H,30,31). The molecule has 0 unspecified atom stereocenters. The molecule has 5 rings (SSSR count). The van der Waals surface area contributed by atoms with Crippen LogP contribution in [0.25, 0.3) is 22.2 Å². The monoisotopic (exact) mass is 502 g/mol. The maximum absolute atomic E-state index is 14.4. The van der Waals surface area contributed by atoms with Crippen LogP contribution in [0.15, 0.2) is 42.9 Å². The van der Waals surface area contributed by atoms with Crippen molar-refractivity contribution in [1.82, 2.24) is 24.5 Å². The molecule has 0 saturated heterocycles. The molecule has 7 nitrogen and oxygen atoms in total. The Kier molecular flexibility index (Phi) is 6.31. The molecule has 1 aliphatic carbocycles. The molecule has 1 aromatic carbocycles. The first-order chi connectivity index (χ1) is 17.2. The van der Waals surface area contributed by atoms with Crippen molar-refractivity contribution in [3.63, 3.8) is 0 Å². The molecular formula is C25H26F4N6O. The minimum atomic E-state index is -4.77. The number of ether oxygens (including phenoxy) is 1. The van der Waals surface area contributed by atoms with Crippen molar-refractivity contribution in [3.05, 3.63) is 54.2 Å². The molecule has 36 heavy (non-hydrogen) atoms. The second-order valence-corrected chi connectivity index (χ2v) is 8.98. The predicted molar refractivity (Wildman–Crippen MR) is 127 cm³/mol. The van der Waals surface area contributed by atoms with Gasteiger partial charge in [0.15, 0.2) is 11.6 Å². The number of nitrogens with one attached hydrogen (secondary N) is 1. The summed E-state index contributed by atoms with van der Waals surface area (Å²) in [5.74, 6) is -0.978. The first-order valence-electron chi connectivity index (χ1n) is 11.9. The third-order valence-corrected chi connectivity index (χ3v) is 6.48. The van der Waals surface area contributed by atoms with Crippen molar-refractivity contribution in [1.29, 1.82) is 0 Å². The van der Waals surface area contributed by atoms with Gasteiger partial charge in [0.2, 0.25) is 0 Å². The van der Waals surface area contributed by atoms with Crippen LogP contribution in [-0.2, 0) is 13.2 Å². The van der Waals surface area contributed by atoms with E-state index < -0.39 is 17.6 Å². The number of benzene rings is 1. The van der Waals surface area contributed by atoms with Crippen LogP contribution in [0.2, 0.25) is 0 Å². The Hall–Kier alpha value is -3.63. The molecule has 0 atom stereocenters. The highest BCUT2D eigenvalue weighted by Gasteiger charge is 2.36. The summed E-state index contributed by atoms with van der Waals surface area (Å²) in [6.45, 7) is 2.73. The summed E-state index contributed by atoms with van der Waals surface area (Å²) in [5.41, 5.74) is 1.30. The van der Waals surface area contributed by atoms with Gasteiger partial charge in [-0.3, -0.25) is 9.36 Å². The molecule has 4 aromatic rings. The zero-order valence-electron chi connectivity index (χ0n) is 19.9. The molecule has 1 N–H and O–H groups in total. The molecule has 11 heteroatoms. The lowest BCUT2D eigenvalue weighted by Crippen LogP contribution is -2.26. The fourth-order valence-electron chi connectivity index (χ4n) is 4.75. The lowest BCUT2D eigenvalue weighted by Gasteiger charge is -2.30. The fourth-order valence-corrected chi connectivity index (χ4v) is 4.75. The number of pyridine rings is 1. The fraction of sp³-hybridized carbons (Fsp3) is 0.400. The molecule has 1 aliphatic rings. The predicted octanol–water partition coefficient (Wildman–Crippen LogP) is 5.98. The zero-order valence-corrected chi connectivity index (χ0v) is 19.9. The molecule has 3 heterocycles. The number of fused-ring (bicyclic) bond motifs is 1. The molecule has 3 aromatic heterocycles. The normalized spacial score (nSPS) is 18.5. The molecule has 0 amide bonds. The van der Waals surface area contributed by atoms with Crippen LogP contribution in [0.5, 0.6) is 5.75 Å². The van der Waals surface area contributed by atoms with Gasteiger partial charge in [-0.1, -0.05) is 6.07 Å². The van der Waals surface area contributed by atoms with Gasteiger partial charge in [0.25, 0.3) is 0 Å². The number of hydrogen-bond donors (Lipinski definition) is 1. The second kappa shape index (κ2) is 9.44. The minimum Gasteiger partial charge on any atom is -0.487 e. The SMILES string of the molecule is CCNc1cc2c(cn1)c(-c1cnn(C)c1)nn2C1CCC(Oc2cccc(C(F)(F)F)c2F)CC1. The maximum atomic E-state index is 14.4.